The Balaban J connectivity index is 2.47. The number of pyridine rings is 1. The summed E-state index contributed by atoms with van der Waals surface area (Å²) in [5, 5.41) is 19.3. The van der Waals surface area contributed by atoms with Crippen LogP contribution < -0.4 is 5.43 Å². The molecule has 23 heavy (non-hydrogen) atoms. The molecule has 0 aliphatic rings. The lowest BCUT2D eigenvalue weighted by molar-refractivity contribution is -0.141. The number of hydrogen-bond acceptors (Lipinski definition) is 4. The Morgan fingerprint density at radius 1 is 1.26 bits per heavy atom. The number of benzene rings is 1. The lowest BCUT2D eigenvalue weighted by atomic mass is 10.0. The van der Waals surface area contributed by atoms with Gasteiger partial charge < -0.3 is 19.7 Å². The number of aromatic nitrogens is 1. The summed E-state index contributed by atoms with van der Waals surface area (Å²) >= 11 is 0. The minimum atomic E-state index is -1.02. The topological polar surface area (TPSA) is 82.8 Å². The number of aromatic hydroxyl groups is 1. The Morgan fingerprint density at radius 2 is 1.91 bits per heavy atom. The third-order valence-electron chi connectivity index (χ3n) is 3.51. The number of rotatable bonds is 6. The zero-order chi connectivity index (χ0) is 17.0. The second kappa shape index (κ2) is 7.11. The van der Waals surface area contributed by atoms with Crippen LogP contribution in [0.5, 0.6) is 5.75 Å². The maximum Gasteiger partial charge on any atom is 0.327 e. The second-order valence-electron chi connectivity index (χ2n) is 5.70. The Labute approximate surface area is 134 Å². The third-order valence-corrected chi connectivity index (χ3v) is 3.51. The quantitative estimate of drug-likeness (QED) is 0.843. The fourth-order valence-corrected chi connectivity index (χ4v) is 2.46. The molecule has 2 rings (SSSR count). The second-order valence-corrected chi connectivity index (χ2v) is 5.70. The van der Waals surface area contributed by atoms with E-state index >= 15 is 0 Å². The van der Waals surface area contributed by atoms with E-state index < -0.39 is 23.2 Å². The van der Waals surface area contributed by atoms with Crippen LogP contribution in [-0.2, 0) is 17.8 Å². The zero-order valence-corrected chi connectivity index (χ0v) is 13.1. The largest absolute Gasteiger partial charge is 0.503 e. The summed E-state index contributed by atoms with van der Waals surface area (Å²) in [6, 6.07) is 9.64. The average Bonchev–Trinajstić information content (AvgIpc) is 2.49. The van der Waals surface area contributed by atoms with Crippen molar-refractivity contribution in [2.45, 2.75) is 19.0 Å². The highest BCUT2D eigenvalue weighted by atomic mass is 16.4. The molecular weight excluding hydrogens is 296 g/mol. The van der Waals surface area contributed by atoms with Gasteiger partial charge in [0.05, 0.1) is 6.20 Å². The summed E-state index contributed by atoms with van der Waals surface area (Å²) in [6.07, 6.45) is 1.47. The highest BCUT2D eigenvalue weighted by Crippen LogP contribution is 2.19. The van der Waals surface area contributed by atoms with Gasteiger partial charge in [-0.1, -0.05) is 30.3 Å². The van der Waals surface area contributed by atoms with E-state index in [1.54, 1.807) is 0 Å². The van der Waals surface area contributed by atoms with Crippen molar-refractivity contribution in [1.29, 1.82) is 0 Å². The summed E-state index contributed by atoms with van der Waals surface area (Å²) in [7, 11) is 3.66. The molecule has 0 aliphatic carbocycles. The van der Waals surface area contributed by atoms with Crippen molar-refractivity contribution in [3.05, 3.63) is 64.1 Å². The highest BCUT2D eigenvalue weighted by Gasteiger charge is 2.23. The summed E-state index contributed by atoms with van der Waals surface area (Å²) < 4.78 is 1.46. The van der Waals surface area contributed by atoms with E-state index in [9.17, 15) is 19.8 Å². The van der Waals surface area contributed by atoms with Gasteiger partial charge in [0, 0.05) is 24.7 Å². The molecule has 1 atom stereocenters. The molecule has 122 valence electrons. The molecule has 0 fully saturated rings. The van der Waals surface area contributed by atoms with Gasteiger partial charge in [0.2, 0.25) is 5.43 Å². The first kappa shape index (κ1) is 16.8. The molecule has 6 nitrogen and oxygen atoms in total. The van der Waals surface area contributed by atoms with E-state index in [0.717, 1.165) is 5.56 Å². The van der Waals surface area contributed by atoms with Crippen molar-refractivity contribution < 1.29 is 15.0 Å². The SMILES string of the molecule is CN(C)Cc1cc(=O)c(O)cn1C(Cc1ccccc1)C(=O)O. The average molecular weight is 316 g/mol. The van der Waals surface area contributed by atoms with Gasteiger partial charge in [-0.05, 0) is 19.7 Å². The molecule has 2 N–H and O–H groups in total. The van der Waals surface area contributed by atoms with Gasteiger partial charge in [-0.2, -0.15) is 0 Å². The van der Waals surface area contributed by atoms with Gasteiger partial charge in [-0.3, -0.25) is 4.79 Å². The minimum absolute atomic E-state index is 0.263. The van der Waals surface area contributed by atoms with E-state index in [2.05, 4.69) is 0 Å². The molecule has 0 amide bonds. The van der Waals surface area contributed by atoms with Crippen LogP contribution in [0.2, 0.25) is 0 Å². The van der Waals surface area contributed by atoms with Gasteiger partial charge in [0.15, 0.2) is 5.75 Å². The molecule has 0 bridgehead atoms. The molecule has 2 aromatic rings. The number of carbonyl (C=O) groups is 1. The van der Waals surface area contributed by atoms with Crippen molar-refractivity contribution in [2.24, 2.45) is 0 Å². The molecule has 1 aromatic carbocycles. The van der Waals surface area contributed by atoms with Gasteiger partial charge in [0.25, 0.3) is 0 Å². The molecule has 1 heterocycles. The fourth-order valence-electron chi connectivity index (χ4n) is 2.46. The number of carboxylic acids is 1. The van der Waals surface area contributed by atoms with Gasteiger partial charge in [-0.15, -0.1) is 0 Å². The van der Waals surface area contributed by atoms with Crippen molar-refractivity contribution >= 4 is 5.97 Å². The van der Waals surface area contributed by atoms with Crippen LogP contribution in [0.4, 0.5) is 0 Å². The Kier molecular flexibility index (Phi) is 5.18. The van der Waals surface area contributed by atoms with Crippen LogP contribution in [0.15, 0.2) is 47.4 Å². The van der Waals surface area contributed by atoms with Crippen molar-refractivity contribution in [2.75, 3.05) is 14.1 Å². The Bertz CT molecular complexity index is 738. The monoisotopic (exact) mass is 316 g/mol. The molecule has 0 spiro atoms. The van der Waals surface area contributed by atoms with Crippen LogP contribution in [0.1, 0.15) is 17.3 Å². The van der Waals surface area contributed by atoms with Gasteiger partial charge >= 0.3 is 5.97 Å². The van der Waals surface area contributed by atoms with E-state index in [1.807, 2.05) is 49.3 Å². The molecule has 0 aliphatic heterocycles. The Morgan fingerprint density at radius 3 is 2.48 bits per heavy atom. The van der Waals surface area contributed by atoms with E-state index in [0.29, 0.717) is 12.2 Å². The molecule has 1 unspecified atom stereocenters. The molecular formula is C17H20N2O4. The summed E-state index contributed by atoms with van der Waals surface area (Å²) in [4.78, 5) is 25.3. The maximum absolute atomic E-state index is 11.7. The fraction of sp³-hybridized carbons (Fsp3) is 0.294. The first-order valence-electron chi connectivity index (χ1n) is 7.24. The predicted molar refractivity (Wildman–Crippen MR) is 86.6 cm³/mol. The lowest BCUT2D eigenvalue weighted by Crippen LogP contribution is -2.27. The summed E-state index contributed by atoms with van der Waals surface area (Å²) in [5.74, 6) is -1.47. The smallest absolute Gasteiger partial charge is 0.327 e. The molecule has 0 saturated carbocycles. The summed E-state index contributed by atoms with van der Waals surface area (Å²) in [5.41, 5.74) is 0.900. The molecule has 0 saturated heterocycles. The predicted octanol–water partition coefficient (Wildman–Crippen LogP) is 1.48. The van der Waals surface area contributed by atoms with E-state index in [1.165, 1.54) is 16.8 Å². The molecule has 6 heteroatoms. The molecule has 0 radical (unpaired) electrons. The normalized spacial score (nSPS) is 12.3. The van der Waals surface area contributed by atoms with Crippen LogP contribution in [0.25, 0.3) is 0 Å². The number of aliphatic carboxylic acids is 1. The first-order chi connectivity index (χ1) is 10.9. The van der Waals surface area contributed by atoms with Crippen LogP contribution in [-0.4, -0.2) is 39.7 Å². The number of hydrogen-bond donors (Lipinski definition) is 2. The Hall–Kier alpha value is -2.60. The van der Waals surface area contributed by atoms with E-state index in [4.69, 9.17) is 0 Å². The molecule has 1 aromatic heterocycles. The van der Waals surface area contributed by atoms with Crippen LogP contribution in [0.3, 0.4) is 0 Å². The summed E-state index contributed by atoms with van der Waals surface area (Å²) in [6.45, 7) is 0.397. The minimum Gasteiger partial charge on any atom is -0.503 e. The third kappa shape index (κ3) is 4.20. The first-order valence-corrected chi connectivity index (χ1v) is 7.24. The maximum atomic E-state index is 11.7. The number of nitrogens with zero attached hydrogens (tertiary/aromatic N) is 2. The lowest BCUT2D eigenvalue weighted by Gasteiger charge is -2.22. The van der Waals surface area contributed by atoms with Crippen molar-refractivity contribution in [3.63, 3.8) is 0 Å². The van der Waals surface area contributed by atoms with Crippen LogP contribution in [0, 0.1) is 0 Å². The highest BCUT2D eigenvalue weighted by molar-refractivity contribution is 5.72. The van der Waals surface area contributed by atoms with Crippen molar-refractivity contribution in [3.8, 4) is 5.75 Å². The van der Waals surface area contributed by atoms with Gasteiger partial charge in [0.1, 0.15) is 6.04 Å². The van der Waals surface area contributed by atoms with Crippen LogP contribution >= 0.6 is 0 Å². The van der Waals surface area contributed by atoms with Gasteiger partial charge in [-0.25, -0.2) is 4.79 Å². The standard InChI is InChI=1S/C17H20N2O4/c1-18(2)10-13-9-15(20)16(21)11-19(13)14(17(22)23)8-12-6-4-3-5-7-12/h3-7,9,11,14,21H,8,10H2,1-2H3,(H,22,23). The van der Waals surface area contributed by atoms with E-state index in [-0.39, 0.29) is 6.42 Å². The van der Waals surface area contributed by atoms with Crippen molar-refractivity contribution in [1.82, 2.24) is 9.47 Å². The zero-order valence-electron chi connectivity index (χ0n) is 13.1. The number of carboxylic acid groups (broad SMARTS) is 1.